The molecule has 0 aliphatic rings. The summed E-state index contributed by atoms with van der Waals surface area (Å²) in [5.41, 5.74) is 2.73. The van der Waals surface area contributed by atoms with E-state index in [1.807, 2.05) is 0 Å². The molecule has 5 N–H and O–H groups in total. The van der Waals surface area contributed by atoms with Crippen LogP contribution in [0.25, 0.3) is 0 Å². The SMILES string of the molecule is C[C@H](N)C(=O)NC(C)(C)C(=O)NC(C)(C)C(=O)O. The van der Waals surface area contributed by atoms with Crippen molar-refractivity contribution in [3.8, 4) is 0 Å². The van der Waals surface area contributed by atoms with Crippen LogP contribution in [-0.2, 0) is 14.4 Å². The highest BCUT2D eigenvalue weighted by atomic mass is 16.4. The van der Waals surface area contributed by atoms with Crippen molar-refractivity contribution < 1.29 is 19.5 Å². The van der Waals surface area contributed by atoms with Gasteiger partial charge in [0.2, 0.25) is 11.8 Å². The van der Waals surface area contributed by atoms with Gasteiger partial charge in [0, 0.05) is 0 Å². The summed E-state index contributed by atoms with van der Waals surface area (Å²) in [5, 5.41) is 13.7. The van der Waals surface area contributed by atoms with Gasteiger partial charge in [0.1, 0.15) is 11.1 Å². The van der Waals surface area contributed by atoms with E-state index >= 15 is 0 Å². The predicted molar refractivity (Wildman–Crippen MR) is 65.7 cm³/mol. The van der Waals surface area contributed by atoms with E-state index < -0.39 is 34.9 Å². The van der Waals surface area contributed by atoms with Gasteiger partial charge in [-0.05, 0) is 34.6 Å². The lowest BCUT2D eigenvalue weighted by Gasteiger charge is -2.30. The van der Waals surface area contributed by atoms with Crippen LogP contribution in [0.5, 0.6) is 0 Å². The summed E-state index contributed by atoms with van der Waals surface area (Å²) in [6, 6.07) is -0.746. The first-order valence-corrected chi connectivity index (χ1v) is 5.54. The van der Waals surface area contributed by atoms with Crippen molar-refractivity contribution in [1.82, 2.24) is 10.6 Å². The molecule has 104 valence electrons. The number of carboxylic acids is 1. The van der Waals surface area contributed by atoms with E-state index in [4.69, 9.17) is 10.8 Å². The van der Waals surface area contributed by atoms with Crippen molar-refractivity contribution in [2.45, 2.75) is 51.7 Å². The summed E-state index contributed by atoms with van der Waals surface area (Å²) < 4.78 is 0. The summed E-state index contributed by atoms with van der Waals surface area (Å²) >= 11 is 0. The first kappa shape index (κ1) is 16.4. The summed E-state index contributed by atoms with van der Waals surface area (Å²) in [5.74, 6) is -2.24. The van der Waals surface area contributed by atoms with Crippen LogP contribution in [0, 0.1) is 0 Å². The molecule has 0 rings (SSSR count). The fraction of sp³-hybridized carbons (Fsp3) is 0.727. The Morgan fingerprint density at radius 3 is 1.83 bits per heavy atom. The third kappa shape index (κ3) is 4.33. The topological polar surface area (TPSA) is 122 Å². The molecule has 1 atom stereocenters. The van der Waals surface area contributed by atoms with Gasteiger partial charge in [0.05, 0.1) is 6.04 Å². The van der Waals surface area contributed by atoms with Crippen molar-refractivity contribution in [2.75, 3.05) is 0 Å². The highest BCUT2D eigenvalue weighted by Crippen LogP contribution is 2.08. The van der Waals surface area contributed by atoms with Crippen molar-refractivity contribution >= 4 is 17.8 Å². The Kier molecular flexibility index (Phi) is 4.86. The maximum atomic E-state index is 11.9. The van der Waals surface area contributed by atoms with E-state index in [0.717, 1.165) is 0 Å². The number of carbonyl (C=O) groups is 3. The number of carbonyl (C=O) groups excluding carboxylic acids is 2. The molecule has 0 aliphatic heterocycles. The Labute approximate surface area is 106 Å². The van der Waals surface area contributed by atoms with Crippen LogP contribution in [-0.4, -0.2) is 40.0 Å². The van der Waals surface area contributed by atoms with Gasteiger partial charge >= 0.3 is 5.97 Å². The van der Waals surface area contributed by atoms with Gasteiger partial charge in [-0.25, -0.2) is 4.79 Å². The van der Waals surface area contributed by atoms with Crippen LogP contribution >= 0.6 is 0 Å². The summed E-state index contributed by atoms with van der Waals surface area (Å²) in [7, 11) is 0. The van der Waals surface area contributed by atoms with E-state index in [9.17, 15) is 14.4 Å². The van der Waals surface area contributed by atoms with Crippen LogP contribution in [0.15, 0.2) is 0 Å². The largest absolute Gasteiger partial charge is 0.480 e. The molecular formula is C11H21N3O4. The highest BCUT2D eigenvalue weighted by molar-refractivity contribution is 5.95. The molecule has 7 nitrogen and oxygen atoms in total. The number of hydrogen-bond acceptors (Lipinski definition) is 4. The standard InChI is InChI=1S/C11H21N3O4/c1-6(12)7(15)13-10(2,3)8(16)14-11(4,5)9(17)18/h6H,12H2,1-5H3,(H,13,15)(H,14,16)(H,17,18)/t6-/m0/s1. The van der Waals surface area contributed by atoms with Crippen LogP contribution in [0.1, 0.15) is 34.6 Å². The predicted octanol–water partition coefficient (Wildman–Crippen LogP) is -0.792. The lowest BCUT2D eigenvalue weighted by atomic mass is 9.99. The Morgan fingerprint density at radius 1 is 1.06 bits per heavy atom. The summed E-state index contributed by atoms with van der Waals surface area (Å²) in [4.78, 5) is 34.2. The molecule has 2 amide bonds. The average Bonchev–Trinajstić information content (AvgIpc) is 2.15. The monoisotopic (exact) mass is 259 g/mol. The van der Waals surface area contributed by atoms with E-state index in [-0.39, 0.29) is 0 Å². The maximum Gasteiger partial charge on any atom is 0.328 e. The van der Waals surface area contributed by atoms with E-state index in [1.165, 1.54) is 34.6 Å². The molecule has 0 bridgehead atoms. The number of nitrogens with two attached hydrogens (primary N) is 1. The van der Waals surface area contributed by atoms with Crippen molar-refractivity contribution in [2.24, 2.45) is 5.73 Å². The molecule has 0 saturated carbocycles. The van der Waals surface area contributed by atoms with Gasteiger partial charge in [0.15, 0.2) is 0 Å². The number of rotatable bonds is 5. The molecular weight excluding hydrogens is 238 g/mol. The van der Waals surface area contributed by atoms with Gasteiger partial charge in [-0.15, -0.1) is 0 Å². The number of hydrogen-bond donors (Lipinski definition) is 4. The average molecular weight is 259 g/mol. The molecule has 0 aromatic rings. The second-order valence-electron chi connectivity index (χ2n) is 5.29. The number of nitrogens with one attached hydrogen (secondary N) is 2. The number of aliphatic carboxylic acids is 1. The molecule has 0 aromatic heterocycles. The van der Waals surface area contributed by atoms with Gasteiger partial charge < -0.3 is 21.5 Å². The second-order valence-corrected chi connectivity index (χ2v) is 5.29. The minimum Gasteiger partial charge on any atom is -0.480 e. The quantitative estimate of drug-likeness (QED) is 0.515. The fourth-order valence-electron chi connectivity index (χ4n) is 0.972. The van der Waals surface area contributed by atoms with Gasteiger partial charge in [-0.2, -0.15) is 0 Å². The van der Waals surface area contributed by atoms with Crippen LogP contribution in [0.4, 0.5) is 0 Å². The molecule has 0 radical (unpaired) electrons. The lowest BCUT2D eigenvalue weighted by molar-refractivity contribution is -0.147. The highest BCUT2D eigenvalue weighted by Gasteiger charge is 2.36. The maximum absolute atomic E-state index is 11.9. The fourth-order valence-corrected chi connectivity index (χ4v) is 0.972. The van der Waals surface area contributed by atoms with Gasteiger partial charge in [-0.3, -0.25) is 9.59 Å². The number of carboxylic acid groups (broad SMARTS) is 1. The normalized spacial score (nSPS) is 13.7. The molecule has 0 saturated heterocycles. The van der Waals surface area contributed by atoms with Crippen LogP contribution in [0.2, 0.25) is 0 Å². The molecule has 0 aromatic carbocycles. The first-order chi connectivity index (χ1) is 7.90. The smallest absolute Gasteiger partial charge is 0.328 e. The van der Waals surface area contributed by atoms with Crippen molar-refractivity contribution in [3.05, 3.63) is 0 Å². The Morgan fingerprint density at radius 2 is 1.50 bits per heavy atom. The summed E-state index contributed by atoms with van der Waals surface area (Å²) in [6.45, 7) is 7.15. The molecule has 0 heterocycles. The second kappa shape index (κ2) is 5.34. The van der Waals surface area contributed by atoms with E-state index in [1.54, 1.807) is 0 Å². The van der Waals surface area contributed by atoms with Crippen molar-refractivity contribution in [1.29, 1.82) is 0 Å². The molecule has 0 unspecified atom stereocenters. The van der Waals surface area contributed by atoms with Gasteiger partial charge in [0.25, 0.3) is 0 Å². The summed E-state index contributed by atoms with van der Waals surface area (Å²) in [6.07, 6.45) is 0. The number of amides is 2. The first-order valence-electron chi connectivity index (χ1n) is 5.54. The molecule has 7 heteroatoms. The molecule has 18 heavy (non-hydrogen) atoms. The Bertz CT molecular complexity index is 361. The van der Waals surface area contributed by atoms with Gasteiger partial charge in [-0.1, -0.05) is 0 Å². The van der Waals surface area contributed by atoms with E-state index in [0.29, 0.717) is 0 Å². The third-order valence-corrected chi connectivity index (χ3v) is 2.38. The molecule has 0 fully saturated rings. The minimum atomic E-state index is -1.41. The van der Waals surface area contributed by atoms with Crippen LogP contribution in [0.3, 0.4) is 0 Å². The third-order valence-electron chi connectivity index (χ3n) is 2.38. The zero-order valence-corrected chi connectivity index (χ0v) is 11.3. The van der Waals surface area contributed by atoms with Crippen molar-refractivity contribution in [3.63, 3.8) is 0 Å². The lowest BCUT2D eigenvalue weighted by Crippen LogP contribution is -2.62. The van der Waals surface area contributed by atoms with E-state index in [2.05, 4.69) is 10.6 Å². The Hall–Kier alpha value is -1.63. The zero-order chi connectivity index (χ0) is 14.7. The minimum absolute atomic E-state index is 0.483. The zero-order valence-electron chi connectivity index (χ0n) is 11.3. The van der Waals surface area contributed by atoms with Crippen LogP contribution < -0.4 is 16.4 Å². The Balaban J connectivity index is 4.77. The molecule has 0 spiro atoms. The molecule has 0 aliphatic carbocycles.